The van der Waals surface area contributed by atoms with Crippen LogP contribution >= 0.6 is 0 Å². The van der Waals surface area contributed by atoms with Crippen molar-refractivity contribution in [3.05, 3.63) is 11.7 Å². The SMILES string of the molecule is CCCC(O)c1noc(C2CCS(=O)(=O)C2)n1. The molecule has 0 saturated carbocycles. The van der Waals surface area contributed by atoms with Crippen LogP contribution in [0.4, 0.5) is 0 Å². The second kappa shape index (κ2) is 4.73. The van der Waals surface area contributed by atoms with Gasteiger partial charge >= 0.3 is 0 Å². The number of aliphatic hydroxyl groups is 1. The molecule has 17 heavy (non-hydrogen) atoms. The Morgan fingerprint density at radius 1 is 1.59 bits per heavy atom. The van der Waals surface area contributed by atoms with Gasteiger partial charge in [0.25, 0.3) is 0 Å². The fourth-order valence-corrected chi connectivity index (χ4v) is 3.67. The molecule has 0 spiro atoms. The fraction of sp³-hybridized carbons (Fsp3) is 0.800. The van der Waals surface area contributed by atoms with Gasteiger partial charge in [-0.15, -0.1) is 0 Å². The van der Waals surface area contributed by atoms with E-state index >= 15 is 0 Å². The van der Waals surface area contributed by atoms with Gasteiger partial charge in [-0.2, -0.15) is 4.98 Å². The molecule has 7 heteroatoms. The largest absolute Gasteiger partial charge is 0.385 e. The lowest BCUT2D eigenvalue weighted by atomic mass is 10.1. The quantitative estimate of drug-likeness (QED) is 0.860. The molecule has 1 aromatic rings. The zero-order chi connectivity index (χ0) is 12.5. The molecule has 1 aromatic heterocycles. The van der Waals surface area contributed by atoms with E-state index in [1.807, 2.05) is 6.92 Å². The van der Waals surface area contributed by atoms with Gasteiger partial charge < -0.3 is 9.63 Å². The maximum atomic E-state index is 11.3. The van der Waals surface area contributed by atoms with Crippen LogP contribution < -0.4 is 0 Å². The normalized spacial score (nSPS) is 24.9. The van der Waals surface area contributed by atoms with Crippen LogP contribution in [-0.4, -0.2) is 35.2 Å². The molecule has 2 atom stereocenters. The molecular weight excluding hydrogens is 244 g/mol. The van der Waals surface area contributed by atoms with Crippen molar-refractivity contribution in [2.75, 3.05) is 11.5 Å². The van der Waals surface area contributed by atoms with Crippen molar-refractivity contribution >= 4 is 9.84 Å². The van der Waals surface area contributed by atoms with Crippen LogP contribution in [0.25, 0.3) is 0 Å². The van der Waals surface area contributed by atoms with Gasteiger partial charge in [-0.25, -0.2) is 8.42 Å². The maximum absolute atomic E-state index is 11.3. The van der Waals surface area contributed by atoms with Gasteiger partial charge in [-0.3, -0.25) is 0 Å². The number of nitrogens with zero attached hydrogens (tertiary/aromatic N) is 2. The standard InChI is InChI=1S/C10H16N2O4S/c1-2-3-8(13)9-11-10(16-12-9)7-4-5-17(14,15)6-7/h7-8,13H,2-6H2,1H3. The average Bonchev–Trinajstić information content (AvgIpc) is 2.84. The predicted octanol–water partition coefficient (Wildman–Crippen LogP) is 0.805. The summed E-state index contributed by atoms with van der Waals surface area (Å²) in [7, 11) is -2.96. The van der Waals surface area contributed by atoms with E-state index in [4.69, 9.17) is 4.52 Å². The molecule has 2 heterocycles. The third kappa shape index (κ3) is 2.84. The van der Waals surface area contributed by atoms with E-state index in [1.165, 1.54) is 0 Å². The Kier molecular flexibility index (Phi) is 3.48. The number of rotatable bonds is 4. The second-order valence-corrected chi connectivity index (χ2v) is 6.62. The summed E-state index contributed by atoms with van der Waals surface area (Å²) in [5.41, 5.74) is 0. The van der Waals surface area contributed by atoms with Gasteiger partial charge in [0, 0.05) is 0 Å². The Bertz CT molecular complexity index is 482. The number of hydrogen-bond donors (Lipinski definition) is 1. The van der Waals surface area contributed by atoms with Crippen LogP contribution in [0.3, 0.4) is 0 Å². The van der Waals surface area contributed by atoms with Crippen LogP contribution in [0.15, 0.2) is 4.52 Å². The molecule has 0 aromatic carbocycles. The van der Waals surface area contributed by atoms with E-state index in [1.54, 1.807) is 0 Å². The third-order valence-electron chi connectivity index (χ3n) is 2.90. The topological polar surface area (TPSA) is 93.3 Å². The average molecular weight is 260 g/mol. The number of aliphatic hydroxyl groups excluding tert-OH is 1. The first-order valence-electron chi connectivity index (χ1n) is 5.74. The highest BCUT2D eigenvalue weighted by Gasteiger charge is 2.33. The summed E-state index contributed by atoms with van der Waals surface area (Å²) in [6, 6.07) is 0. The number of hydrogen-bond acceptors (Lipinski definition) is 6. The summed E-state index contributed by atoms with van der Waals surface area (Å²) in [6.45, 7) is 1.95. The zero-order valence-corrected chi connectivity index (χ0v) is 10.5. The monoisotopic (exact) mass is 260 g/mol. The van der Waals surface area contributed by atoms with E-state index in [0.717, 1.165) is 6.42 Å². The van der Waals surface area contributed by atoms with E-state index in [0.29, 0.717) is 18.7 Å². The van der Waals surface area contributed by atoms with Gasteiger partial charge in [0.1, 0.15) is 6.10 Å². The fourth-order valence-electron chi connectivity index (χ4n) is 1.94. The van der Waals surface area contributed by atoms with Gasteiger partial charge in [-0.05, 0) is 12.8 Å². The van der Waals surface area contributed by atoms with E-state index in [9.17, 15) is 13.5 Å². The minimum atomic E-state index is -2.96. The Balaban J connectivity index is 2.09. The van der Waals surface area contributed by atoms with Crippen molar-refractivity contribution in [2.24, 2.45) is 0 Å². The van der Waals surface area contributed by atoms with Gasteiger partial charge in [0.15, 0.2) is 15.7 Å². The molecule has 6 nitrogen and oxygen atoms in total. The molecule has 1 aliphatic rings. The first kappa shape index (κ1) is 12.5. The van der Waals surface area contributed by atoms with Crippen molar-refractivity contribution < 1.29 is 18.0 Å². The summed E-state index contributed by atoms with van der Waals surface area (Å²) < 4.78 is 27.7. The van der Waals surface area contributed by atoms with Crippen molar-refractivity contribution in [1.29, 1.82) is 0 Å². The van der Waals surface area contributed by atoms with Crippen LogP contribution in [0.1, 0.15) is 49.9 Å². The molecule has 0 amide bonds. The lowest BCUT2D eigenvalue weighted by molar-refractivity contribution is 0.152. The lowest BCUT2D eigenvalue weighted by Gasteiger charge is -2.02. The third-order valence-corrected chi connectivity index (χ3v) is 4.67. The molecular formula is C10H16N2O4S. The molecule has 1 N–H and O–H groups in total. The Morgan fingerprint density at radius 2 is 2.35 bits per heavy atom. The van der Waals surface area contributed by atoms with E-state index in [-0.39, 0.29) is 23.2 Å². The predicted molar refractivity (Wildman–Crippen MR) is 60.2 cm³/mol. The highest BCUT2D eigenvalue weighted by molar-refractivity contribution is 7.91. The highest BCUT2D eigenvalue weighted by Crippen LogP contribution is 2.28. The van der Waals surface area contributed by atoms with Gasteiger partial charge in [-0.1, -0.05) is 18.5 Å². The summed E-state index contributed by atoms with van der Waals surface area (Å²) in [6.07, 6.45) is 1.19. The minimum Gasteiger partial charge on any atom is -0.385 e. The summed E-state index contributed by atoms with van der Waals surface area (Å²) in [4.78, 5) is 4.08. The molecule has 2 rings (SSSR count). The van der Waals surface area contributed by atoms with Gasteiger partial charge in [0.05, 0.1) is 17.4 Å². The Hall–Kier alpha value is -0.950. The molecule has 1 fully saturated rings. The molecule has 2 unspecified atom stereocenters. The first-order chi connectivity index (χ1) is 8.02. The van der Waals surface area contributed by atoms with Crippen molar-refractivity contribution in [3.8, 4) is 0 Å². The molecule has 0 aliphatic carbocycles. The summed E-state index contributed by atoms with van der Waals surface area (Å²) in [5, 5.41) is 13.4. The first-order valence-corrected chi connectivity index (χ1v) is 7.56. The van der Waals surface area contributed by atoms with E-state index in [2.05, 4.69) is 10.1 Å². The van der Waals surface area contributed by atoms with Crippen LogP contribution in [0.5, 0.6) is 0 Å². The molecule has 0 bridgehead atoms. The van der Waals surface area contributed by atoms with Crippen LogP contribution in [-0.2, 0) is 9.84 Å². The second-order valence-electron chi connectivity index (χ2n) is 4.40. The minimum absolute atomic E-state index is 0.0680. The molecule has 1 saturated heterocycles. The van der Waals surface area contributed by atoms with Gasteiger partial charge in [0.2, 0.25) is 5.89 Å². The lowest BCUT2D eigenvalue weighted by Crippen LogP contribution is -2.04. The molecule has 1 aliphatic heterocycles. The van der Waals surface area contributed by atoms with Crippen LogP contribution in [0.2, 0.25) is 0 Å². The summed E-state index contributed by atoms with van der Waals surface area (Å²) in [5.74, 6) is 0.614. The zero-order valence-electron chi connectivity index (χ0n) is 9.66. The van der Waals surface area contributed by atoms with Crippen molar-refractivity contribution in [1.82, 2.24) is 10.1 Å². The molecule has 96 valence electrons. The molecule has 0 radical (unpaired) electrons. The van der Waals surface area contributed by atoms with Crippen molar-refractivity contribution in [2.45, 2.75) is 38.2 Å². The van der Waals surface area contributed by atoms with Crippen LogP contribution in [0, 0.1) is 0 Å². The Labute approximate surface area is 99.9 Å². The number of aromatic nitrogens is 2. The highest BCUT2D eigenvalue weighted by atomic mass is 32.2. The Morgan fingerprint density at radius 3 is 2.94 bits per heavy atom. The number of sulfone groups is 1. The maximum Gasteiger partial charge on any atom is 0.230 e. The smallest absolute Gasteiger partial charge is 0.230 e. The van der Waals surface area contributed by atoms with Crippen molar-refractivity contribution in [3.63, 3.8) is 0 Å². The van der Waals surface area contributed by atoms with E-state index < -0.39 is 15.9 Å². The summed E-state index contributed by atoms with van der Waals surface area (Å²) >= 11 is 0.